The molecule has 0 amide bonds. The van der Waals surface area contributed by atoms with E-state index in [0.29, 0.717) is 13.2 Å². The average Bonchev–Trinajstić information content (AvgIpc) is 2.80. The number of aromatic nitrogens is 2. The lowest BCUT2D eigenvalue weighted by molar-refractivity contribution is -0.134. The molecule has 1 aromatic heterocycles. The maximum atomic E-state index is 11.3. The van der Waals surface area contributed by atoms with Crippen LogP contribution in [-0.4, -0.2) is 36.6 Å². The average molecular weight is 469 g/mol. The molecular formula is C14H18BrIN2O3. The van der Waals surface area contributed by atoms with Crippen molar-refractivity contribution >= 4 is 54.1 Å². The zero-order chi connectivity index (χ0) is 15.8. The van der Waals surface area contributed by atoms with Gasteiger partial charge in [0.25, 0.3) is 0 Å². The van der Waals surface area contributed by atoms with Crippen LogP contribution in [-0.2, 0) is 20.8 Å². The number of esters is 1. The van der Waals surface area contributed by atoms with Crippen LogP contribution in [0, 0.1) is 0 Å². The fourth-order valence-electron chi connectivity index (χ4n) is 1.72. The number of halogens is 2. The maximum Gasteiger partial charge on any atom is 0.330 e. The minimum absolute atomic E-state index is 0.391. The Morgan fingerprint density at radius 1 is 1.48 bits per heavy atom. The van der Waals surface area contributed by atoms with E-state index in [4.69, 9.17) is 4.74 Å². The SMILES string of the molecule is C/C=C(/I)c1c(Br)nn(CCCOC)c1/C=C/C(=O)OC. The monoisotopic (exact) mass is 468 g/mol. The summed E-state index contributed by atoms with van der Waals surface area (Å²) in [5, 5.41) is 4.48. The lowest BCUT2D eigenvalue weighted by Gasteiger charge is -2.06. The van der Waals surface area contributed by atoms with E-state index in [-0.39, 0.29) is 0 Å². The second kappa shape index (κ2) is 9.37. The van der Waals surface area contributed by atoms with E-state index in [1.54, 1.807) is 13.2 Å². The van der Waals surface area contributed by atoms with Crippen LogP contribution in [0.5, 0.6) is 0 Å². The van der Waals surface area contributed by atoms with Gasteiger partial charge in [0.2, 0.25) is 0 Å². The molecule has 0 radical (unpaired) electrons. The molecule has 0 bridgehead atoms. The van der Waals surface area contributed by atoms with Crippen molar-refractivity contribution in [1.29, 1.82) is 0 Å². The van der Waals surface area contributed by atoms with Gasteiger partial charge in [-0.3, -0.25) is 4.68 Å². The Morgan fingerprint density at radius 3 is 2.76 bits per heavy atom. The van der Waals surface area contributed by atoms with E-state index in [1.807, 2.05) is 17.7 Å². The summed E-state index contributed by atoms with van der Waals surface area (Å²) < 4.78 is 13.4. The van der Waals surface area contributed by atoms with Crippen molar-refractivity contribution in [2.45, 2.75) is 19.9 Å². The molecule has 1 heterocycles. The van der Waals surface area contributed by atoms with Crippen LogP contribution in [0.2, 0.25) is 0 Å². The molecular weight excluding hydrogens is 451 g/mol. The normalized spacial score (nSPS) is 12.1. The largest absolute Gasteiger partial charge is 0.466 e. The van der Waals surface area contributed by atoms with Gasteiger partial charge in [-0.05, 0) is 57.9 Å². The van der Waals surface area contributed by atoms with E-state index in [1.165, 1.54) is 13.2 Å². The van der Waals surface area contributed by atoms with Gasteiger partial charge < -0.3 is 9.47 Å². The van der Waals surface area contributed by atoms with Crippen molar-refractivity contribution in [3.8, 4) is 0 Å². The van der Waals surface area contributed by atoms with Crippen LogP contribution in [0.15, 0.2) is 16.8 Å². The minimum atomic E-state index is -0.391. The first-order chi connectivity index (χ1) is 10.0. The lowest BCUT2D eigenvalue weighted by Crippen LogP contribution is -2.06. The van der Waals surface area contributed by atoms with Gasteiger partial charge in [-0.1, -0.05) is 6.08 Å². The molecule has 0 saturated carbocycles. The number of aryl methyl sites for hydroxylation is 1. The lowest BCUT2D eigenvalue weighted by atomic mass is 10.2. The standard InChI is InChI=1S/C14H18BrIN2O3/c1-4-10(16)13-11(6-7-12(19)21-3)18(17-14(13)15)8-5-9-20-2/h4,6-7H,5,8-9H2,1-3H3/b7-6+,10-4+. The van der Waals surface area contributed by atoms with Gasteiger partial charge in [0, 0.05) is 35.5 Å². The van der Waals surface area contributed by atoms with E-state index in [2.05, 4.69) is 48.4 Å². The van der Waals surface area contributed by atoms with Crippen LogP contribution < -0.4 is 0 Å². The highest BCUT2D eigenvalue weighted by molar-refractivity contribution is 14.1. The van der Waals surface area contributed by atoms with E-state index < -0.39 is 5.97 Å². The first kappa shape index (κ1) is 18.4. The van der Waals surface area contributed by atoms with Crippen molar-refractivity contribution in [3.63, 3.8) is 0 Å². The Labute approximate surface area is 146 Å². The summed E-state index contributed by atoms with van der Waals surface area (Å²) in [6, 6.07) is 0. The van der Waals surface area contributed by atoms with E-state index >= 15 is 0 Å². The van der Waals surface area contributed by atoms with Crippen molar-refractivity contribution in [1.82, 2.24) is 9.78 Å². The van der Waals surface area contributed by atoms with Crippen molar-refractivity contribution in [3.05, 3.63) is 28.0 Å². The number of methoxy groups -OCH3 is 2. The fraction of sp³-hybridized carbons (Fsp3) is 0.429. The molecule has 0 aliphatic heterocycles. The van der Waals surface area contributed by atoms with Gasteiger partial charge in [0.15, 0.2) is 0 Å². The maximum absolute atomic E-state index is 11.3. The highest BCUT2D eigenvalue weighted by Crippen LogP contribution is 2.32. The number of hydrogen-bond acceptors (Lipinski definition) is 4. The van der Waals surface area contributed by atoms with Crippen LogP contribution in [0.25, 0.3) is 9.66 Å². The number of ether oxygens (including phenoxy) is 2. The molecule has 21 heavy (non-hydrogen) atoms. The smallest absolute Gasteiger partial charge is 0.330 e. The molecule has 1 aromatic rings. The topological polar surface area (TPSA) is 53.4 Å². The Bertz CT molecular complexity index is 553. The molecule has 0 atom stereocenters. The van der Waals surface area contributed by atoms with Crippen LogP contribution in [0.4, 0.5) is 0 Å². The molecule has 0 unspecified atom stereocenters. The number of carbonyl (C=O) groups is 1. The highest BCUT2D eigenvalue weighted by Gasteiger charge is 2.16. The Morgan fingerprint density at radius 2 is 2.19 bits per heavy atom. The molecule has 5 nitrogen and oxygen atoms in total. The van der Waals surface area contributed by atoms with Gasteiger partial charge in [-0.25, -0.2) is 4.79 Å². The summed E-state index contributed by atoms with van der Waals surface area (Å²) in [6.45, 7) is 3.33. The summed E-state index contributed by atoms with van der Waals surface area (Å²) in [6.07, 6.45) is 5.97. The first-order valence-electron chi connectivity index (χ1n) is 6.38. The molecule has 116 valence electrons. The van der Waals surface area contributed by atoms with Gasteiger partial charge in [0.1, 0.15) is 4.60 Å². The number of nitrogens with zero attached hydrogens (tertiary/aromatic N) is 2. The Hall–Kier alpha value is -0.670. The van der Waals surface area contributed by atoms with Crippen LogP contribution in [0.1, 0.15) is 24.6 Å². The summed E-state index contributed by atoms with van der Waals surface area (Å²) in [4.78, 5) is 11.3. The molecule has 0 saturated heterocycles. The van der Waals surface area contributed by atoms with E-state index in [0.717, 1.165) is 25.9 Å². The van der Waals surface area contributed by atoms with Crippen molar-refractivity contribution in [2.24, 2.45) is 0 Å². The molecule has 0 aromatic carbocycles. The van der Waals surface area contributed by atoms with Gasteiger partial charge in [-0.15, -0.1) is 0 Å². The number of hydrogen-bond donors (Lipinski definition) is 0. The van der Waals surface area contributed by atoms with Crippen LogP contribution in [0.3, 0.4) is 0 Å². The quantitative estimate of drug-likeness (QED) is 0.265. The number of rotatable bonds is 7. The second-order valence-corrected chi connectivity index (χ2v) is 6.03. The zero-order valence-corrected chi connectivity index (χ0v) is 16.0. The fourth-order valence-corrected chi connectivity index (χ4v) is 3.23. The summed E-state index contributed by atoms with van der Waals surface area (Å²) in [5.41, 5.74) is 1.83. The molecule has 0 spiro atoms. The van der Waals surface area contributed by atoms with Gasteiger partial charge in [-0.2, -0.15) is 5.10 Å². The third-order valence-corrected chi connectivity index (χ3v) is 4.46. The third-order valence-electron chi connectivity index (χ3n) is 2.74. The summed E-state index contributed by atoms with van der Waals surface area (Å²) >= 11 is 5.73. The summed E-state index contributed by atoms with van der Waals surface area (Å²) in [7, 11) is 3.03. The first-order valence-corrected chi connectivity index (χ1v) is 8.25. The van der Waals surface area contributed by atoms with Gasteiger partial charge in [0.05, 0.1) is 12.8 Å². The van der Waals surface area contributed by atoms with Gasteiger partial charge >= 0.3 is 5.97 Å². The van der Waals surface area contributed by atoms with Crippen LogP contribution >= 0.6 is 38.5 Å². The minimum Gasteiger partial charge on any atom is -0.466 e. The summed E-state index contributed by atoms with van der Waals surface area (Å²) in [5.74, 6) is -0.391. The Balaban J connectivity index is 3.18. The molecule has 0 aliphatic rings. The van der Waals surface area contributed by atoms with E-state index in [9.17, 15) is 4.79 Å². The molecule has 0 fully saturated rings. The zero-order valence-electron chi connectivity index (χ0n) is 12.2. The predicted octanol–water partition coefficient (Wildman–Crippen LogP) is 3.66. The molecule has 0 N–H and O–H groups in total. The van der Waals surface area contributed by atoms with Crippen molar-refractivity contribution in [2.75, 3.05) is 20.8 Å². The number of allylic oxidation sites excluding steroid dienone is 1. The predicted molar refractivity (Wildman–Crippen MR) is 95.1 cm³/mol. The molecule has 0 aliphatic carbocycles. The molecule has 1 rings (SSSR count). The number of carbonyl (C=O) groups excluding carboxylic acids is 1. The highest BCUT2D eigenvalue weighted by atomic mass is 127. The third kappa shape index (κ3) is 5.23. The van der Waals surface area contributed by atoms with Crippen molar-refractivity contribution < 1.29 is 14.3 Å². The second-order valence-electron chi connectivity index (χ2n) is 4.11. The Kier molecular flexibility index (Phi) is 8.20. The molecule has 7 heteroatoms.